The lowest BCUT2D eigenvalue weighted by Crippen LogP contribution is -2.33. The maximum Gasteiger partial charge on any atom is 0.339 e. The summed E-state index contributed by atoms with van der Waals surface area (Å²) in [4.78, 5) is 35.9. The number of esters is 1. The normalized spacial score (nSPS) is 11.6. The Bertz CT molecular complexity index is 798. The number of hydrogen-bond donors (Lipinski definition) is 1. The number of para-hydroxylation sites is 1. The first-order chi connectivity index (χ1) is 10.9. The molecule has 0 radical (unpaired) electrons. The van der Waals surface area contributed by atoms with E-state index in [2.05, 4.69) is 15.2 Å². The van der Waals surface area contributed by atoms with Crippen LogP contribution in [0.25, 0.3) is 0 Å². The lowest BCUT2D eigenvalue weighted by molar-refractivity contribution is -0.119. The second-order valence-corrected chi connectivity index (χ2v) is 4.96. The van der Waals surface area contributed by atoms with Gasteiger partial charge in [0.15, 0.2) is 0 Å². The third-order valence-electron chi connectivity index (χ3n) is 3.29. The molecule has 2 aromatic rings. The van der Waals surface area contributed by atoms with Gasteiger partial charge in [0.05, 0.1) is 24.1 Å². The molecule has 0 aliphatic rings. The van der Waals surface area contributed by atoms with Gasteiger partial charge in [0, 0.05) is 6.07 Å². The Labute approximate surface area is 132 Å². The minimum atomic E-state index is -0.826. The topological polar surface area (TPSA) is 90.3 Å². The summed E-state index contributed by atoms with van der Waals surface area (Å²) in [6, 6.07) is 8.59. The van der Waals surface area contributed by atoms with E-state index in [0.29, 0.717) is 11.4 Å². The van der Waals surface area contributed by atoms with Crippen molar-refractivity contribution in [2.75, 3.05) is 12.4 Å². The van der Waals surface area contributed by atoms with Crippen LogP contribution in [0.4, 0.5) is 5.69 Å². The highest BCUT2D eigenvalue weighted by Crippen LogP contribution is 2.17. The smallest absolute Gasteiger partial charge is 0.339 e. The number of anilines is 1. The maximum absolute atomic E-state index is 12.4. The molecule has 1 unspecified atom stereocenters. The molecule has 1 atom stereocenters. The molecule has 2 rings (SSSR count). The van der Waals surface area contributed by atoms with Gasteiger partial charge in [-0.25, -0.2) is 9.48 Å². The van der Waals surface area contributed by atoms with E-state index < -0.39 is 17.9 Å². The largest absolute Gasteiger partial charge is 0.465 e. The summed E-state index contributed by atoms with van der Waals surface area (Å²) in [5, 5.41) is 6.69. The molecule has 7 nitrogen and oxygen atoms in total. The van der Waals surface area contributed by atoms with Crippen LogP contribution in [-0.2, 0) is 9.53 Å². The number of hydrogen-bond acceptors (Lipinski definition) is 5. The van der Waals surface area contributed by atoms with Crippen LogP contribution >= 0.6 is 0 Å². The molecule has 1 amide bonds. The van der Waals surface area contributed by atoms with Crippen LogP contribution in [0.15, 0.2) is 41.2 Å². The van der Waals surface area contributed by atoms with Crippen LogP contribution in [0.2, 0.25) is 0 Å². The summed E-state index contributed by atoms with van der Waals surface area (Å²) >= 11 is 0. The molecule has 120 valence electrons. The minimum absolute atomic E-state index is 0.236. The quantitative estimate of drug-likeness (QED) is 0.864. The first kappa shape index (κ1) is 16.4. The van der Waals surface area contributed by atoms with Crippen molar-refractivity contribution in [2.45, 2.75) is 19.9 Å². The Morgan fingerprint density at radius 2 is 1.91 bits per heavy atom. The van der Waals surface area contributed by atoms with Crippen LogP contribution in [0.3, 0.4) is 0 Å². The second kappa shape index (κ2) is 6.87. The van der Waals surface area contributed by atoms with Crippen molar-refractivity contribution in [3.8, 4) is 0 Å². The number of aryl methyl sites for hydroxylation is 1. The molecule has 23 heavy (non-hydrogen) atoms. The first-order valence-electron chi connectivity index (χ1n) is 6.98. The van der Waals surface area contributed by atoms with Gasteiger partial charge in [-0.3, -0.25) is 9.59 Å². The molecule has 1 heterocycles. The molecule has 0 aliphatic carbocycles. The molecule has 0 saturated carbocycles. The van der Waals surface area contributed by atoms with Crippen molar-refractivity contribution in [1.82, 2.24) is 9.78 Å². The predicted molar refractivity (Wildman–Crippen MR) is 84.4 cm³/mol. The van der Waals surface area contributed by atoms with Crippen LogP contribution in [0.1, 0.15) is 29.0 Å². The van der Waals surface area contributed by atoms with Crippen LogP contribution in [0.5, 0.6) is 0 Å². The lowest BCUT2D eigenvalue weighted by atomic mass is 10.1. The molecule has 0 saturated heterocycles. The predicted octanol–water partition coefficient (Wildman–Crippen LogP) is 1.54. The van der Waals surface area contributed by atoms with E-state index in [0.717, 1.165) is 4.68 Å². The maximum atomic E-state index is 12.4. The number of rotatable bonds is 4. The number of amides is 1. The van der Waals surface area contributed by atoms with Gasteiger partial charge in [0.2, 0.25) is 5.91 Å². The zero-order valence-electron chi connectivity index (χ0n) is 13.1. The summed E-state index contributed by atoms with van der Waals surface area (Å²) in [5.41, 5.74) is 0.802. The highest BCUT2D eigenvalue weighted by Gasteiger charge is 2.20. The zero-order valence-corrected chi connectivity index (χ0v) is 13.1. The number of methoxy groups -OCH3 is 1. The van der Waals surface area contributed by atoms with E-state index in [9.17, 15) is 14.4 Å². The number of carbonyl (C=O) groups is 2. The molecular weight excluding hydrogens is 298 g/mol. The third-order valence-corrected chi connectivity index (χ3v) is 3.29. The number of carbonyl (C=O) groups excluding carboxylic acids is 2. The fourth-order valence-electron chi connectivity index (χ4n) is 2.03. The molecule has 1 N–H and O–H groups in total. The standard InChI is InChI=1S/C16H17N3O4/c1-10-8-9-14(20)19(18-10)11(2)15(21)17-13-7-5-4-6-12(13)16(22)23-3/h4-9,11H,1-3H3,(H,17,21). The average molecular weight is 315 g/mol. The first-order valence-corrected chi connectivity index (χ1v) is 6.98. The molecule has 1 aromatic carbocycles. The lowest BCUT2D eigenvalue weighted by Gasteiger charge is -2.15. The Hall–Kier alpha value is -2.96. The Kier molecular flexibility index (Phi) is 4.90. The Morgan fingerprint density at radius 3 is 2.61 bits per heavy atom. The minimum Gasteiger partial charge on any atom is -0.465 e. The molecular formula is C16H17N3O4. The number of benzene rings is 1. The van der Waals surface area contributed by atoms with E-state index in [1.165, 1.54) is 13.2 Å². The fraction of sp³-hybridized carbons (Fsp3) is 0.250. The Balaban J connectivity index is 2.27. The molecule has 0 aliphatic heterocycles. The monoisotopic (exact) mass is 315 g/mol. The van der Waals surface area contributed by atoms with Gasteiger partial charge in [-0.2, -0.15) is 5.10 Å². The van der Waals surface area contributed by atoms with Gasteiger partial charge in [0.1, 0.15) is 6.04 Å². The van der Waals surface area contributed by atoms with Gasteiger partial charge >= 0.3 is 5.97 Å². The number of nitrogens with one attached hydrogen (secondary N) is 1. The number of ether oxygens (including phenoxy) is 1. The molecule has 1 aromatic heterocycles. The highest BCUT2D eigenvalue weighted by molar-refractivity contribution is 6.02. The van der Waals surface area contributed by atoms with Crippen LogP contribution < -0.4 is 10.9 Å². The molecule has 0 bridgehead atoms. The summed E-state index contributed by atoms with van der Waals surface area (Å²) < 4.78 is 5.78. The third kappa shape index (κ3) is 3.63. The van der Waals surface area contributed by atoms with E-state index in [1.54, 1.807) is 44.2 Å². The second-order valence-electron chi connectivity index (χ2n) is 4.96. The van der Waals surface area contributed by atoms with Crippen molar-refractivity contribution in [1.29, 1.82) is 0 Å². The van der Waals surface area contributed by atoms with Crippen molar-refractivity contribution < 1.29 is 14.3 Å². The summed E-state index contributed by atoms with van der Waals surface area (Å²) in [6.07, 6.45) is 0. The molecule has 0 fully saturated rings. The summed E-state index contributed by atoms with van der Waals surface area (Å²) in [6.45, 7) is 3.29. The van der Waals surface area contributed by atoms with Gasteiger partial charge in [0.25, 0.3) is 5.56 Å². The van der Waals surface area contributed by atoms with Gasteiger partial charge in [-0.15, -0.1) is 0 Å². The summed E-state index contributed by atoms with van der Waals surface area (Å²) in [7, 11) is 1.26. The van der Waals surface area contributed by atoms with Crippen molar-refractivity contribution in [2.24, 2.45) is 0 Å². The number of aromatic nitrogens is 2. The zero-order chi connectivity index (χ0) is 17.0. The highest BCUT2D eigenvalue weighted by atomic mass is 16.5. The van der Waals surface area contributed by atoms with Crippen molar-refractivity contribution >= 4 is 17.6 Å². The van der Waals surface area contributed by atoms with E-state index in [-0.39, 0.29) is 11.1 Å². The average Bonchev–Trinajstić information content (AvgIpc) is 2.56. The van der Waals surface area contributed by atoms with Crippen molar-refractivity contribution in [3.05, 3.63) is 58.0 Å². The van der Waals surface area contributed by atoms with Gasteiger partial charge in [-0.1, -0.05) is 12.1 Å². The van der Waals surface area contributed by atoms with E-state index >= 15 is 0 Å². The molecule has 0 spiro atoms. The van der Waals surface area contributed by atoms with Gasteiger partial charge in [-0.05, 0) is 32.0 Å². The summed E-state index contributed by atoms with van der Waals surface area (Å²) in [5.74, 6) is -1.01. The van der Waals surface area contributed by atoms with Crippen molar-refractivity contribution in [3.63, 3.8) is 0 Å². The fourth-order valence-corrected chi connectivity index (χ4v) is 2.03. The molecule has 7 heteroatoms. The van der Waals surface area contributed by atoms with Crippen LogP contribution in [0, 0.1) is 6.92 Å². The van der Waals surface area contributed by atoms with Crippen LogP contribution in [-0.4, -0.2) is 28.8 Å². The van der Waals surface area contributed by atoms with E-state index in [1.807, 2.05) is 0 Å². The van der Waals surface area contributed by atoms with Gasteiger partial charge < -0.3 is 10.1 Å². The SMILES string of the molecule is COC(=O)c1ccccc1NC(=O)C(C)n1nc(C)ccc1=O. The van der Waals surface area contributed by atoms with E-state index in [4.69, 9.17) is 0 Å². The number of nitrogens with zero attached hydrogens (tertiary/aromatic N) is 2. The Morgan fingerprint density at radius 1 is 1.22 bits per heavy atom.